The zero-order chi connectivity index (χ0) is 8.20. The third kappa shape index (κ3) is 1.53. The highest BCUT2D eigenvalue weighted by Gasteiger charge is 2.26. The Balaban J connectivity index is 4.31. The van der Waals surface area contributed by atoms with E-state index in [-0.39, 0.29) is 5.41 Å². The summed E-state index contributed by atoms with van der Waals surface area (Å²) in [6.07, 6.45) is 2.94. The first-order chi connectivity index (χ1) is 4.63. The highest BCUT2D eigenvalue weighted by atomic mass is 16.3. The van der Waals surface area contributed by atoms with Gasteiger partial charge in [-0.15, -0.1) is 0 Å². The van der Waals surface area contributed by atoms with Crippen LogP contribution in [0.4, 0.5) is 0 Å². The lowest BCUT2D eigenvalue weighted by Crippen LogP contribution is -2.19. The Morgan fingerprint density at radius 3 is 1.50 bits per heavy atom. The molecule has 0 aliphatic rings. The maximum atomic E-state index is 9.27. The molecule has 10 heavy (non-hydrogen) atoms. The van der Waals surface area contributed by atoms with E-state index < -0.39 is 0 Å². The van der Waals surface area contributed by atoms with Crippen molar-refractivity contribution in [3.05, 3.63) is 12.3 Å². The van der Waals surface area contributed by atoms with Crippen molar-refractivity contribution >= 4 is 0 Å². The summed E-state index contributed by atoms with van der Waals surface area (Å²) in [4.78, 5) is 0. The summed E-state index contributed by atoms with van der Waals surface area (Å²) in [6, 6.07) is 0. The molecule has 0 radical (unpaired) electrons. The molecule has 0 aromatic carbocycles. The van der Waals surface area contributed by atoms with Gasteiger partial charge in [0.1, 0.15) is 0 Å². The third-order valence-corrected chi connectivity index (χ3v) is 2.64. The topological polar surface area (TPSA) is 20.2 Å². The SMILES string of the molecule is C=C(O)C(CC)(CC)CC. The van der Waals surface area contributed by atoms with E-state index in [1.54, 1.807) is 0 Å². The van der Waals surface area contributed by atoms with Crippen molar-refractivity contribution in [1.29, 1.82) is 0 Å². The molecular weight excluding hydrogens is 124 g/mol. The number of rotatable bonds is 4. The molecule has 0 heterocycles. The molecule has 0 saturated heterocycles. The quantitative estimate of drug-likeness (QED) is 0.597. The zero-order valence-corrected chi connectivity index (χ0v) is 7.28. The van der Waals surface area contributed by atoms with E-state index in [1.807, 2.05) is 0 Å². The van der Waals surface area contributed by atoms with Crippen LogP contribution >= 0.6 is 0 Å². The molecule has 1 N–H and O–H groups in total. The summed E-state index contributed by atoms with van der Waals surface area (Å²) in [5, 5.41) is 9.27. The van der Waals surface area contributed by atoms with Gasteiger partial charge in [-0.2, -0.15) is 0 Å². The largest absolute Gasteiger partial charge is 0.512 e. The van der Waals surface area contributed by atoms with Crippen molar-refractivity contribution in [2.24, 2.45) is 5.41 Å². The van der Waals surface area contributed by atoms with Crippen LogP contribution < -0.4 is 0 Å². The lowest BCUT2D eigenvalue weighted by molar-refractivity contribution is 0.197. The van der Waals surface area contributed by atoms with Crippen molar-refractivity contribution in [3.63, 3.8) is 0 Å². The minimum absolute atomic E-state index is 0.0139. The van der Waals surface area contributed by atoms with Gasteiger partial charge in [0.2, 0.25) is 0 Å². The molecule has 0 atom stereocenters. The average molecular weight is 142 g/mol. The Bertz CT molecular complexity index is 104. The van der Waals surface area contributed by atoms with E-state index in [0.717, 1.165) is 19.3 Å². The number of hydrogen-bond acceptors (Lipinski definition) is 1. The van der Waals surface area contributed by atoms with Crippen molar-refractivity contribution in [1.82, 2.24) is 0 Å². The summed E-state index contributed by atoms with van der Waals surface area (Å²) in [5.74, 6) is 0.347. The lowest BCUT2D eigenvalue weighted by atomic mass is 9.78. The fraction of sp³-hybridized carbons (Fsp3) is 0.778. The van der Waals surface area contributed by atoms with Gasteiger partial charge in [0, 0.05) is 5.41 Å². The Hall–Kier alpha value is -0.460. The molecule has 0 aromatic rings. The molecule has 0 aliphatic heterocycles. The zero-order valence-electron chi connectivity index (χ0n) is 7.28. The molecule has 0 aromatic heterocycles. The molecule has 1 nitrogen and oxygen atoms in total. The van der Waals surface area contributed by atoms with Crippen LogP contribution in [0.2, 0.25) is 0 Å². The summed E-state index contributed by atoms with van der Waals surface area (Å²) >= 11 is 0. The van der Waals surface area contributed by atoms with Crippen LogP contribution in [0, 0.1) is 5.41 Å². The van der Waals surface area contributed by atoms with E-state index in [4.69, 9.17) is 0 Å². The van der Waals surface area contributed by atoms with Gasteiger partial charge >= 0.3 is 0 Å². The number of aliphatic hydroxyl groups is 1. The van der Waals surface area contributed by atoms with Gasteiger partial charge < -0.3 is 5.11 Å². The van der Waals surface area contributed by atoms with Crippen LogP contribution in [0.5, 0.6) is 0 Å². The standard InChI is InChI=1S/C9H18O/c1-5-9(6-2,7-3)8(4)10/h10H,4-7H2,1-3H3. The van der Waals surface area contributed by atoms with E-state index in [0.29, 0.717) is 5.76 Å². The Labute approximate surface area is 63.8 Å². The van der Waals surface area contributed by atoms with E-state index >= 15 is 0 Å². The average Bonchev–Trinajstić information content (AvgIpc) is 1.92. The molecule has 60 valence electrons. The minimum atomic E-state index is -0.0139. The predicted octanol–water partition coefficient (Wildman–Crippen LogP) is 3.27. The second-order valence-electron chi connectivity index (χ2n) is 2.79. The van der Waals surface area contributed by atoms with Crippen molar-refractivity contribution in [2.45, 2.75) is 40.0 Å². The Morgan fingerprint density at radius 2 is 1.50 bits per heavy atom. The molecule has 0 saturated carbocycles. The number of allylic oxidation sites excluding steroid dienone is 1. The van der Waals surface area contributed by atoms with Crippen LogP contribution in [-0.2, 0) is 0 Å². The van der Waals surface area contributed by atoms with Gasteiger partial charge in [-0.25, -0.2) is 0 Å². The van der Waals surface area contributed by atoms with Gasteiger partial charge in [0.25, 0.3) is 0 Å². The third-order valence-electron chi connectivity index (χ3n) is 2.64. The Kier molecular flexibility index (Phi) is 3.48. The first-order valence-corrected chi connectivity index (χ1v) is 4.01. The summed E-state index contributed by atoms with van der Waals surface area (Å²) in [7, 11) is 0. The fourth-order valence-electron chi connectivity index (χ4n) is 1.36. The molecule has 0 unspecified atom stereocenters. The highest BCUT2D eigenvalue weighted by molar-refractivity contribution is 4.99. The molecule has 0 bridgehead atoms. The smallest absolute Gasteiger partial charge is 0.0912 e. The second-order valence-corrected chi connectivity index (χ2v) is 2.79. The van der Waals surface area contributed by atoms with Gasteiger partial charge in [-0.05, 0) is 19.3 Å². The van der Waals surface area contributed by atoms with Gasteiger partial charge in [0.05, 0.1) is 5.76 Å². The molecule has 0 amide bonds. The monoisotopic (exact) mass is 142 g/mol. The molecule has 0 fully saturated rings. The maximum absolute atomic E-state index is 9.27. The van der Waals surface area contributed by atoms with Crippen molar-refractivity contribution < 1.29 is 5.11 Å². The molecule has 1 heteroatoms. The molecule has 0 rings (SSSR count). The van der Waals surface area contributed by atoms with Crippen LogP contribution in [0.25, 0.3) is 0 Å². The van der Waals surface area contributed by atoms with Crippen LogP contribution in [0.3, 0.4) is 0 Å². The number of hydrogen-bond donors (Lipinski definition) is 1. The Morgan fingerprint density at radius 1 is 1.20 bits per heavy atom. The lowest BCUT2D eigenvalue weighted by Gasteiger charge is -2.28. The van der Waals surface area contributed by atoms with E-state index in [2.05, 4.69) is 27.4 Å². The van der Waals surface area contributed by atoms with E-state index in [9.17, 15) is 5.11 Å². The maximum Gasteiger partial charge on any atom is 0.0912 e. The van der Waals surface area contributed by atoms with Crippen molar-refractivity contribution in [2.75, 3.05) is 0 Å². The van der Waals surface area contributed by atoms with E-state index in [1.165, 1.54) is 0 Å². The summed E-state index contributed by atoms with van der Waals surface area (Å²) in [5.41, 5.74) is -0.0139. The van der Waals surface area contributed by atoms with Crippen LogP contribution in [0.15, 0.2) is 12.3 Å². The summed E-state index contributed by atoms with van der Waals surface area (Å²) in [6.45, 7) is 9.87. The first kappa shape index (κ1) is 9.54. The molecular formula is C9H18O. The summed E-state index contributed by atoms with van der Waals surface area (Å²) < 4.78 is 0. The van der Waals surface area contributed by atoms with Gasteiger partial charge in [-0.1, -0.05) is 27.4 Å². The fourth-order valence-corrected chi connectivity index (χ4v) is 1.36. The minimum Gasteiger partial charge on any atom is -0.512 e. The highest BCUT2D eigenvalue weighted by Crippen LogP contribution is 2.35. The predicted molar refractivity (Wildman–Crippen MR) is 45.1 cm³/mol. The van der Waals surface area contributed by atoms with Crippen molar-refractivity contribution in [3.8, 4) is 0 Å². The van der Waals surface area contributed by atoms with Crippen LogP contribution in [0.1, 0.15) is 40.0 Å². The first-order valence-electron chi connectivity index (χ1n) is 4.01. The second kappa shape index (κ2) is 3.65. The molecule has 0 spiro atoms. The van der Waals surface area contributed by atoms with Crippen LogP contribution in [-0.4, -0.2) is 5.11 Å². The molecule has 0 aliphatic carbocycles. The normalized spacial score (nSPS) is 11.5. The number of aliphatic hydroxyl groups excluding tert-OH is 1. The van der Waals surface area contributed by atoms with Gasteiger partial charge in [0.15, 0.2) is 0 Å². The van der Waals surface area contributed by atoms with Gasteiger partial charge in [-0.3, -0.25) is 0 Å².